The van der Waals surface area contributed by atoms with E-state index < -0.39 is 0 Å². The lowest BCUT2D eigenvalue weighted by Crippen LogP contribution is -2.38. The van der Waals surface area contributed by atoms with Crippen LogP contribution in [0.15, 0.2) is 41.6 Å². The molecule has 1 aliphatic rings. The number of thioether (sulfide) groups is 1. The lowest BCUT2D eigenvalue weighted by molar-refractivity contribution is 0.0710. The number of rotatable bonds is 6. The first-order chi connectivity index (χ1) is 12.2. The van der Waals surface area contributed by atoms with Gasteiger partial charge in [-0.1, -0.05) is 13.3 Å². The van der Waals surface area contributed by atoms with Gasteiger partial charge in [0.1, 0.15) is 5.82 Å². The third kappa shape index (κ3) is 4.27. The summed E-state index contributed by atoms with van der Waals surface area (Å²) in [5.74, 6) is 1.82. The highest BCUT2D eigenvalue weighted by Gasteiger charge is 2.26. The van der Waals surface area contributed by atoms with E-state index in [0.717, 1.165) is 38.0 Å². The van der Waals surface area contributed by atoms with Gasteiger partial charge < -0.3 is 9.47 Å². The molecule has 5 heteroatoms. The van der Waals surface area contributed by atoms with Gasteiger partial charge in [-0.25, -0.2) is 4.98 Å². The molecule has 25 heavy (non-hydrogen) atoms. The molecule has 3 rings (SSSR count). The van der Waals surface area contributed by atoms with Crippen molar-refractivity contribution in [1.29, 1.82) is 0 Å². The highest BCUT2D eigenvalue weighted by atomic mass is 32.2. The maximum Gasteiger partial charge on any atom is 0.253 e. The summed E-state index contributed by atoms with van der Waals surface area (Å²) >= 11 is 1.70. The maximum atomic E-state index is 12.7. The van der Waals surface area contributed by atoms with Gasteiger partial charge in [0.2, 0.25) is 0 Å². The molecule has 1 aromatic heterocycles. The van der Waals surface area contributed by atoms with Crippen molar-refractivity contribution < 1.29 is 4.79 Å². The first-order valence-corrected chi connectivity index (χ1v) is 10.4. The zero-order valence-corrected chi connectivity index (χ0v) is 16.0. The molecule has 1 amide bonds. The number of hydrogen-bond donors (Lipinski definition) is 0. The summed E-state index contributed by atoms with van der Waals surface area (Å²) in [5, 5.41) is 0. The summed E-state index contributed by atoms with van der Waals surface area (Å²) < 4.78 is 2.30. The Balaban J connectivity index is 1.59. The van der Waals surface area contributed by atoms with Crippen molar-refractivity contribution in [2.75, 3.05) is 19.3 Å². The summed E-state index contributed by atoms with van der Waals surface area (Å²) in [5.41, 5.74) is 0.792. The van der Waals surface area contributed by atoms with Crippen LogP contribution in [0, 0.1) is 0 Å². The van der Waals surface area contributed by atoms with Crippen molar-refractivity contribution in [3.8, 4) is 0 Å². The van der Waals surface area contributed by atoms with Gasteiger partial charge in [-0.2, -0.15) is 0 Å². The molecule has 0 aliphatic carbocycles. The number of nitrogens with zero attached hydrogens (tertiary/aromatic N) is 3. The number of carbonyl (C=O) groups excluding carboxylic acids is 1. The Labute approximate surface area is 154 Å². The van der Waals surface area contributed by atoms with Gasteiger partial charge in [0, 0.05) is 48.4 Å². The number of benzene rings is 1. The molecule has 134 valence electrons. The quantitative estimate of drug-likeness (QED) is 0.718. The van der Waals surface area contributed by atoms with Gasteiger partial charge in [-0.15, -0.1) is 11.8 Å². The van der Waals surface area contributed by atoms with Crippen LogP contribution in [0.3, 0.4) is 0 Å². The van der Waals surface area contributed by atoms with E-state index >= 15 is 0 Å². The second kappa shape index (κ2) is 8.56. The molecule has 2 heterocycles. The number of hydrogen-bond acceptors (Lipinski definition) is 3. The fourth-order valence-electron chi connectivity index (χ4n) is 3.46. The lowest BCUT2D eigenvalue weighted by atomic mass is 9.95. The van der Waals surface area contributed by atoms with Crippen LogP contribution < -0.4 is 0 Å². The van der Waals surface area contributed by atoms with E-state index in [1.165, 1.54) is 23.6 Å². The number of unbranched alkanes of at least 4 members (excludes halogenated alkanes) is 1. The Morgan fingerprint density at radius 2 is 1.96 bits per heavy atom. The van der Waals surface area contributed by atoms with Crippen molar-refractivity contribution in [2.24, 2.45) is 0 Å². The topological polar surface area (TPSA) is 38.1 Å². The number of aromatic nitrogens is 2. The van der Waals surface area contributed by atoms with Gasteiger partial charge in [0.15, 0.2) is 0 Å². The Hall–Kier alpha value is -1.75. The van der Waals surface area contributed by atoms with Crippen LogP contribution in [0.2, 0.25) is 0 Å². The predicted molar refractivity (Wildman–Crippen MR) is 103 cm³/mol. The van der Waals surface area contributed by atoms with Crippen molar-refractivity contribution in [2.45, 2.75) is 50.0 Å². The molecule has 1 saturated heterocycles. The second-order valence-electron chi connectivity index (χ2n) is 6.63. The van der Waals surface area contributed by atoms with Crippen LogP contribution in [0.25, 0.3) is 0 Å². The van der Waals surface area contributed by atoms with Crippen molar-refractivity contribution in [3.05, 3.63) is 48.0 Å². The minimum atomic E-state index is 0.153. The molecule has 0 N–H and O–H groups in total. The van der Waals surface area contributed by atoms with Crippen LogP contribution in [0.5, 0.6) is 0 Å². The summed E-state index contributed by atoms with van der Waals surface area (Å²) in [6, 6.07) is 7.93. The fourth-order valence-corrected chi connectivity index (χ4v) is 3.86. The number of amides is 1. The largest absolute Gasteiger partial charge is 0.339 e. The fraction of sp³-hybridized carbons (Fsp3) is 0.500. The van der Waals surface area contributed by atoms with Crippen LogP contribution in [0.4, 0.5) is 0 Å². The minimum absolute atomic E-state index is 0.153. The molecule has 0 saturated carbocycles. The summed E-state index contributed by atoms with van der Waals surface area (Å²) in [7, 11) is 0. The SMILES string of the molecule is CCCCn1ccnc1C1CCN(C(=O)c2ccc(SC)cc2)CC1. The minimum Gasteiger partial charge on any atom is -0.339 e. The molecule has 0 atom stereocenters. The standard InChI is InChI=1S/C20H27N3OS/c1-3-4-12-22-15-11-21-19(22)16-9-13-23(14-10-16)20(24)17-5-7-18(25-2)8-6-17/h5-8,11,15-16H,3-4,9-10,12-14H2,1-2H3. The molecule has 0 radical (unpaired) electrons. The van der Waals surface area contributed by atoms with Crippen LogP contribution in [-0.2, 0) is 6.54 Å². The molecule has 1 aromatic carbocycles. The Morgan fingerprint density at radius 1 is 1.24 bits per heavy atom. The number of imidazole rings is 1. The molecule has 2 aromatic rings. The average molecular weight is 358 g/mol. The Kier molecular flexibility index (Phi) is 6.19. The van der Waals surface area contributed by atoms with E-state index in [9.17, 15) is 4.79 Å². The molecular weight excluding hydrogens is 330 g/mol. The number of carbonyl (C=O) groups is 1. The van der Waals surface area contributed by atoms with Gasteiger partial charge in [0.05, 0.1) is 0 Å². The van der Waals surface area contributed by atoms with E-state index in [2.05, 4.69) is 22.7 Å². The van der Waals surface area contributed by atoms with Crippen molar-refractivity contribution >= 4 is 17.7 Å². The lowest BCUT2D eigenvalue weighted by Gasteiger charge is -2.32. The van der Waals surface area contributed by atoms with E-state index in [0.29, 0.717) is 5.92 Å². The summed E-state index contributed by atoms with van der Waals surface area (Å²) in [4.78, 5) is 20.5. The smallest absolute Gasteiger partial charge is 0.253 e. The zero-order chi connectivity index (χ0) is 17.6. The molecule has 4 nitrogen and oxygen atoms in total. The van der Waals surface area contributed by atoms with E-state index in [1.54, 1.807) is 11.8 Å². The van der Waals surface area contributed by atoms with E-state index in [-0.39, 0.29) is 5.91 Å². The number of piperidine rings is 1. The molecule has 0 bridgehead atoms. The number of likely N-dealkylation sites (tertiary alicyclic amines) is 1. The van der Waals surface area contributed by atoms with E-state index in [1.807, 2.05) is 41.6 Å². The Bertz CT molecular complexity index is 687. The first-order valence-electron chi connectivity index (χ1n) is 9.17. The Morgan fingerprint density at radius 3 is 2.60 bits per heavy atom. The second-order valence-corrected chi connectivity index (χ2v) is 7.51. The van der Waals surface area contributed by atoms with Crippen molar-refractivity contribution in [3.63, 3.8) is 0 Å². The third-order valence-corrected chi connectivity index (χ3v) is 5.73. The van der Waals surface area contributed by atoms with Crippen LogP contribution in [-0.4, -0.2) is 39.7 Å². The highest BCUT2D eigenvalue weighted by molar-refractivity contribution is 7.98. The van der Waals surface area contributed by atoms with Gasteiger partial charge in [0.25, 0.3) is 5.91 Å². The maximum absolute atomic E-state index is 12.7. The van der Waals surface area contributed by atoms with Gasteiger partial charge in [-0.05, 0) is 49.8 Å². The predicted octanol–water partition coefficient (Wildman–Crippen LogP) is 4.42. The summed E-state index contributed by atoms with van der Waals surface area (Å²) in [6.07, 6.45) is 10.4. The van der Waals surface area contributed by atoms with Gasteiger partial charge in [-0.3, -0.25) is 4.79 Å². The van der Waals surface area contributed by atoms with Crippen molar-refractivity contribution in [1.82, 2.24) is 14.5 Å². The van der Waals surface area contributed by atoms with Crippen LogP contribution >= 0.6 is 11.8 Å². The first kappa shape index (κ1) is 18.1. The average Bonchev–Trinajstić information content (AvgIpc) is 3.14. The zero-order valence-electron chi connectivity index (χ0n) is 15.1. The monoisotopic (exact) mass is 357 g/mol. The molecule has 1 aliphatic heterocycles. The molecule has 0 unspecified atom stereocenters. The van der Waals surface area contributed by atoms with Crippen LogP contribution in [0.1, 0.15) is 54.7 Å². The number of aryl methyl sites for hydroxylation is 1. The third-order valence-electron chi connectivity index (χ3n) is 4.98. The molecule has 1 fully saturated rings. The van der Waals surface area contributed by atoms with Gasteiger partial charge >= 0.3 is 0 Å². The molecule has 0 spiro atoms. The summed E-state index contributed by atoms with van der Waals surface area (Å²) in [6.45, 7) is 4.89. The highest BCUT2D eigenvalue weighted by Crippen LogP contribution is 2.28. The normalized spacial score (nSPS) is 15.5. The molecular formula is C20H27N3OS. The van der Waals surface area contributed by atoms with E-state index in [4.69, 9.17) is 0 Å².